The Morgan fingerprint density at radius 2 is 2.00 bits per heavy atom. The van der Waals surface area contributed by atoms with Crippen molar-refractivity contribution >= 4 is 17.7 Å². The number of amides is 1. The molecule has 1 aromatic rings. The predicted octanol–water partition coefficient (Wildman–Crippen LogP) is 2.28. The molecule has 0 spiro atoms. The zero-order chi connectivity index (χ0) is 13.2. The summed E-state index contributed by atoms with van der Waals surface area (Å²) in [5.74, 6) is 0.141. The van der Waals surface area contributed by atoms with Gasteiger partial charge in [0.05, 0.1) is 5.25 Å². The second-order valence-electron chi connectivity index (χ2n) is 4.08. The molecule has 0 aliphatic carbocycles. The van der Waals surface area contributed by atoms with Crippen molar-refractivity contribution in [1.82, 2.24) is 10.6 Å². The molecule has 0 saturated carbocycles. The fourth-order valence-corrected chi connectivity index (χ4v) is 2.58. The van der Waals surface area contributed by atoms with Crippen molar-refractivity contribution in [3.8, 4) is 0 Å². The van der Waals surface area contributed by atoms with Gasteiger partial charge in [0, 0.05) is 11.4 Å². The van der Waals surface area contributed by atoms with Crippen LogP contribution in [-0.2, 0) is 4.79 Å². The number of carbonyl (C=O) groups is 1. The molecular weight excluding hydrogens is 244 g/mol. The summed E-state index contributed by atoms with van der Waals surface area (Å²) in [6.07, 6.45) is 1.81. The van der Waals surface area contributed by atoms with Gasteiger partial charge in [0.1, 0.15) is 0 Å². The SMILES string of the molecule is CCC(Sc1ccccc1)C(=O)NCCCNC. The van der Waals surface area contributed by atoms with E-state index >= 15 is 0 Å². The van der Waals surface area contributed by atoms with E-state index in [2.05, 4.69) is 10.6 Å². The van der Waals surface area contributed by atoms with Gasteiger partial charge in [0.2, 0.25) is 5.91 Å². The molecule has 0 aliphatic rings. The first-order valence-corrected chi connectivity index (χ1v) is 7.30. The van der Waals surface area contributed by atoms with Crippen LogP contribution < -0.4 is 10.6 Å². The average Bonchev–Trinajstić information content (AvgIpc) is 2.42. The van der Waals surface area contributed by atoms with Crippen molar-refractivity contribution in [2.75, 3.05) is 20.1 Å². The first kappa shape index (κ1) is 15.1. The third kappa shape index (κ3) is 5.56. The molecular formula is C14H22N2OS. The summed E-state index contributed by atoms with van der Waals surface area (Å²) < 4.78 is 0. The topological polar surface area (TPSA) is 41.1 Å². The first-order chi connectivity index (χ1) is 8.77. The summed E-state index contributed by atoms with van der Waals surface area (Å²) in [5.41, 5.74) is 0. The third-order valence-corrected chi connectivity index (χ3v) is 3.96. The van der Waals surface area contributed by atoms with Gasteiger partial charge in [-0.05, 0) is 38.6 Å². The first-order valence-electron chi connectivity index (χ1n) is 6.42. The Kier molecular flexibility index (Phi) is 7.53. The smallest absolute Gasteiger partial charge is 0.233 e. The molecule has 1 rings (SSSR count). The summed E-state index contributed by atoms with van der Waals surface area (Å²) in [6, 6.07) is 10.1. The molecule has 0 saturated heterocycles. The fraction of sp³-hybridized carbons (Fsp3) is 0.500. The minimum absolute atomic E-state index is 0.00184. The zero-order valence-corrected chi connectivity index (χ0v) is 11.9. The molecule has 3 nitrogen and oxygen atoms in total. The summed E-state index contributed by atoms with van der Waals surface area (Å²) in [7, 11) is 1.92. The predicted molar refractivity (Wildman–Crippen MR) is 77.9 cm³/mol. The van der Waals surface area contributed by atoms with Crippen LogP contribution >= 0.6 is 11.8 Å². The molecule has 0 heterocycles. The van der Waals surface area contributed by atoms with E-state index in [-0.39, 0.29) is 11.2 Å². The number of carbonyl (C=O) groups excluding carboxylic acids is 1. The minimum atomic E-state index is 0.00184. The maximum Gasteiger partial charge on any atom is 0.233 e. The highest BCUT2D eigenvalue weighted by Crippen LogP contribution is 2.24. The highest BCUT2D eigenvalue weighted by atomic mass is 32.2. The quantitative estimate of drug-likeness (QED) is 0.560. The molecule has 0 aliphatic heterocycles. The molecule has 1 aromatic carbocycles. The number of hydrogen-bond acceptors (Lipinski definition) is 3. The second-order valence-corrected chi connectivity index (χ2v) is 5.35. The van der Waals surface area contributed by atoms with E-state index in [1.165, 1.54) is 0 Å². The van der Waals surface area contributed by atoms with Crippen molar-refractivity contribution in [1.29, 1.82) is 0 Å². The van der Waals surface area contributed by atoms with E-state index in [0.29, 0.717) is 0 Å². The molecule has 2 N–H and O–H groups in total. The van der Waals surface area contributed by atoms with Crippen molar-refractivity contribution in [2.45, 2.75) is 29.9 Å². The highest BCUT2D eigenvalue weighted by Gasteiger charge is 2.16. The van der Waals surface area contributed by atoms with Gasteiger partial charge in [-0.15, -0.1) is 11.8 Å². The fourth-order valence-electron chi connectivity index (χ4n) is 1.58. The Morgan fingerprint density at radius 1 is 1.28 bits per heavy atom. The van der Waals surface area contributed by atoms with Gasteiger partial charge in [-0.2, -0.15) is 0 Å². The summed E-state index contributed by atoms with van der Waals surface area (Å²) >= 11 is 1.63. The van der Waals surface area contributed by atoms with Crippen LogP contribution in [0.4, 0.5) is 0 Å². The lowest BCUT2D eigenvalue weighted by Crippen LogP contribution is -2.33. The molecule has 4 heteroatoms. The molecule has 1 unspecified atom stereocenters. The van der Waals surface area contributed by atoms with Crippen LogP contribution in [0.25, 0.3) is 0 Å². The molecule has 18 heavy (non-hydrogen) atoms. The molecule has 1 atom stereocenters. The van der Waals surface area contributed by atoms with Crippen molar-refractivity contribution in [3.63, 3.8) is 0 Å². The summed E-state index contributed by atoms with van der Waals surface area (Å²) in [5, 5.41) is 6.06. The summed E-state index contributed by atoms with van der Waals surface area (Å²) in [6.45, 7) is 3.72. The van der Waals surface area contributed by atoms with Crippen LogP contribution in [0.5, 0.6) is 0 Å². The molecule has 0 radical (unpaired) electrons. The lowest BCUT2D eigenvalue weighted by Gasteiger charge is -2.14. The standard InChI is InChI=1S/C14H22N2OS/c1-3-13(14(17)16-11-7-10-15-2)18-12-8-5-4-6-9-12/h4-6,8-9,13,15H,3,7,10-11H2,1-2H3,(H,16,17). The van der Waals surface area contributed by atoms with E-state index < -0.39 is 0 Å². The number of nitrogens with one attached hydrogen (secondary N) is 2. The Morgan fingerprint density at radius 3 is 2.61 bits per heavy atom. The Bertz CT molecular complexity index is 343. The Hall–Kier alpha value is -1.00. The van der Waals surface area contributed by atoms with Crippen LogP contribution in [-0.4, -0.2) is 31.3 Å². The van der Waals surface area contributed by atoms with Crippen LogP contribution in [0.15, 0.2) is 35.2 Å². The van der Waals surface area contributed by atoms with Gasteiger partial charge in [-0.3, -0.25) is 4.79 Å². The molecule has 0 bridgehead atoms. The van der Waals surface area contributed by atoms with Crippen LogP contribution in [0.1, 0.15) is 19.8 Å². The molecule has 100 valence electrons. The van der Waals surface area contributed by atoms with E-state index in [1.54, 1.807) is 11.8 Å². The van der Waals surface area contributed by atoms with Gasteiger partial charge in [0.15, 0.2) is 0 Å². The Labute approximate surface area is 114 Å². The van der Waals surface area contributed by atoms with Crippen molar-refractivity contribution in [3.05, 3.63) is 30.3 Å². The van der Waals surface area contributed by atoms with Gasteiger partial charge < -0.3 is 10.6 Å². The maximum atomic E-state index is 12.0. The summed E-state index contributed by atoms with van der Waals surface area (Å²) in [4.78, 5) is 13.1. The van der Waals surface area contributed by atoms with E-state index in [9.17, 15) is 4.79 Å². The maximum absolute atomic E-state index is 12.0. The van der Waals surface area contributed by atoms with Gasteiger partial charge in [-0.1, -0.05) is 25.1 Å². The van der Waals surface area contributed by atoms with Crippen LogP contribution in [0.2, 0.25) is 0 Å². The van der Waals surface area contributed by atoms with Gasteiger partial charge >= 0.3 is 0 Å². The number of benzene rings is 1. The number of thioether (sulfide) groups is 1. The largest absolute Gasteiger partial charge is 0.355 e. The zero-order valence-electron chi connectivity index (χ0n) is 11.1. The molecule has 0 aromatic heterocycles. The van der Waals surface area contributed by atoms with Gasteiger partial charge in [0.25, 0.3) is 0 Å². The molecule has 1 amide bonds. The number of rotatable bonds is 8. The molecule has 0 fully saturated rings. The van der Waals surface area contributed by atoms with Crippen molar-refractivity contribution < 1.29 is 4.79 Å². The lowest BCUT2D eigenvalue weighted by atomic mass is 10.3. The van der Waals surface area contributed by atoms with Gasteiger partial charge in [-0.25, -0.2) is 0 Å². The van der Waals surface area contributed by atoms with Crippen LogP contribution in [0, 0.1) is 0 Å². The van der Waals surface area contributed by atoms with Crippen LogP contribution in [0.3, 0.4) is 0 Å². The minimum Gasteiger partial charge on any atom is -0.355 e. The number of hydrogen-bond donors (Lipinski definition) is 2. The monoisotopic (exact) mass is 266 g/mol. The second kappa shape index (κ2) is 9.00. The Balaban J connectivity index is 2.38. The van der Waals surface area contributed by atoms with E-state index in [0.717, 1.165) is 30.8 Å². The van der Waals surface area contributed by atoms with E-state index in [1.807, 2.05) is 44.3 Å². The lowest BCUT2D eigenvalue weighted by molar-refractivity contribution is -0.120. The van der Waals surface area contributed by atoms with E-state index in [4.69, 9.17) is 0 Å². The third-order valence-electron chi connectivity index (χ3n) is 2.59. The highest BCUT2D eigenvalue weighted by molar-refractivity contribution is 8.00. The van der Waals surface area contributed by atoms with Crippen molar-refractivity contribution in [2.24, 2.45) is 0 Å². The normalized spacial score (nSPS) is 12.1. The average molecular weight is 266 g/mol.